The molecule has 18 heavy (non-hydrogen) atoms. The SMILES string of the molecule is CC(C)(C)OC(=O)N1CC=C(n2ccnc2)CC1. The Morgan fingerprint density at radius 3 is 2.72 bits per heavy atom. The van der Waals surface area contributed by atoms with Gasteiger partial charge in [-0.15, -0.1) is 0 Å². The summed E-state index contributed by atoms with van der Waals surface area (Å²) in [5.74, 6) is 0. The van der Waals surface area contributed by atoms with Gasteiger partial charge in [-0.1, -0.05) is 0 Å². The van der Waals surface area contributed by atoms with Crippen LogP contribution >= 0.6 is 0 Å². The van der Waals surface area contributed by atoms with Gasteiger partial charge < -0.3 is 14.2 Å². The zero-order valence-electron chi connectivity index (χ0n) is 11.1. The smallest absolute Gasteiger partial charge is 0.410 e. The number of ether oxygens (including phenoxy) is 1. The summed E-state index contributed by atoms with van der Waals surface area (Å²) in [5.41, 5.74) is 0.734. The zero-order valence-corrected chi connectivity index (χ0v) is 11.1. The molecule has 1 aromatic heterocycles. The number of aromatic nitrogens is 2. The van der Waals surface area contributed by atoms with Crippen molar-refractivity contribution in [1.29, 1.82) is 0 Å². The quantitative estimate of drug-likeness (QED) is 0.767. The highest BCUT2D eigenvalue weighted by Crippen LogP contribution is 2.18. The van der Waals surface area contributed by atoms with Gasteiger partial charge in [0.25, 0.3) is 0 Å². The highest BCUT2D eigenvalue weighted by molar-refractivity contribution is 5.69. The zero-order chi connectivity index (χ0) is 13.2. The summed E-state index contributed by atoms with van der Waals surface area (Å²) < 4.78 is 7.32. The van der Waals surface area contributed by atoms with E-state index in [1.54, 1.807) is 17.4 Å². The van der Waals surface area contributed by atoms with Crippen molar-refractivity contribution in [3.8, 4) is 0 Å². The Kier molecular flexibility index (Phi) is 3.41. The molecule has 0 spiro atoms. The van der Waals surface area contributed by atoms with E-state index < -0.39 is 5.60 Å². The van der Waals surface area contributed by atoms with Gasteiger partial charge in [-0.05, 0) is 26.8 Å². The normalized spacial score (nSPS) is 16.4. The number of carbonyl (C=O) groups is 1. The van der Waals surface area contributed by atoms with E-state index in [0.717, 1.165) is 6.42 Å². The third kappa shape index (κ3) is 3.12. The maximum absolute atomic E-state index is 11.9. The standard InChI is InChI=1S/C13H19N3O2/c1-13(2,3)18-12(17)15-7-4-11(5-8-15)16-9-6-14-10-16/h4,6,9-10H,5,7-8H2,1-3H3. The molecule has 2 rings (SSSR count). The van der Waals surface area contributed by atoms with E-state index in [1.807, 2.05) is 37.6 Å². The molecule has 5 nitrogen and oxygen atoms in total. The molecule has 0 aliphatic carbocycles. The fourth-order valence-electron chi connectivity index (χ4n) is 1.81. The first kappa shape index (κ1) is 12.7. The summed E-state index contributed by atoms with van der Waals surface area (Å²) in [4.78, 5) is 17.6. The summed E-state index contributed by atoms with van der Waals surface area (Å²) in [5, 5.41) is 0. The van der Waals surface area contributed by atoms with Crippen molar-refractivity contribution in [2.24, 2.45) is 0 Å². The molecule has 1 amide bonds. The van der Waals surface area contributed by atoms with Gasteiger partial charge in [-0.3, -0.25) is 0 Å². The lowest BCUT2D eigenvalue weighted by Crippen LogP contribution is -2.39. The molecule has 0 bridgehead atoms. The topological polar surface area (TPSA) is 47.4 Å². The fraction of sp³-hybridized carbons (Fsp3) is 0.538. The van der Waals surface area contributed by atoms with Crippen molar-refractivity contribution < 1.29 is 9.53 Å². The summed E-state index contributed by atoms with van der Waals surface area (Å²) in [6.45, 7) is 6.90. The van der Waals surface area contributed by atoms with E-state index in [2.05, 4.69) is 4.98 Å². The second-order valence-electron chi connectivity index (χ2n) is 5.34. The Balaban J connectivity index is 1.96. The molecule has 0 atom stereocenters. The number of hydrogen-bond acceptors (Lipinski definition) is 3. The van der Waals surface area contributed by atoms with Crippen molar-refractivity contribution in [1.82, 2.24) is 14.5 Å². The average molecular weight is 249 g/mol. The summed E-state index contributed by atoms with van der Waals surface area (Å²) in [6, 6.07) is 0. The van der Waals surface area contributed by atoms with Crippen LogP contribution in [0.15, 0.2) is 24.8 Å². The lowest BCUT2D eigenvalue weighted by molar-refractivity contribution is 0.0269. The Morgan fingerprint density at radius 1 is 1.44 bits per heavy atom. The van der Waals surface area contributed by atoms with E-state index in [-0.39, 0.29) is 6.09 Å². The number of carbonyl (C=O) groups excluding carboxylic acids is 1. The van der Waals surface area contributed by atoms with Crippen LogP contribution in [0.25, 0.3) is 5.70 Å². The first-order chi connectivity index (χ1) is 8.46. The van der Waals surface area contributed by atoms with Crippen LogP contribution in [0.1, 0.15) is 27.2 Å². The van der Waals surface area contributed by atoms with Crippen molar-refractivity contribution >= 4 is 11.8 Å². The third-order valence-electron chi connectivity index (χ3n) is 2.67. The lowest BCUT2D eigenvalue weighted by atomic mass is 10.2. The molecule has 0 radical (unpaired) electrons. The van der Waals surface area contributed by atoms with Gasteiger partial charge in [0.15, 0.2) is 0 Å². The molecule has 0 aromatic carbocycles. The molecule has 5 heteroatoms. The molecule has 98 valence electrons. The van der Waals surface area contributed by atoms with Crippen molar-refractivity contribution in [3.05, 3.63) is 24.8 Å². The van der Waals surface area contributed by atoms with E-state index in [1.165, 1.54) is 5.70 Å². The predicted octanol–water partition coefficient (Wildman–Crippen LogP) is 2.36. The molecular weight excluding hydrogens is 230 g/mol. The monoisotopic (exact) mass is 249 g/mol. The third-order valence-corrected chi connectivity index (χ3v) is 2.67. The van der Waals surface area contributed by atoms with Gasteiger partial charge in [0, 0.05) is 37.6 Å². The maximum atomic E-state index is 11.9. The van der Waals surface area contributed by atoms with Gasteiger partial charge >= 0.3 is 6.09 Å². The minimum absolute atomic E-state index is 0.247. The molecule has 0 saturated carbocycles. The largest absolute Gasteiger partial charge is 0.444 e. The molecule has 1 aliphatic heterocycles. The van der Waals surface area contributed by atoms with Crippen LogP contribution in [-0.2, 0) is 4.74 Å². The molecule has 1 aromatic rings. The first-order valence-electron chi connectivity index (χ1n) is 6.11. The number of rotatable bonds is 1. The summed E-state index contributed by atoms with van der Waals surface area (Å²) >= 11 is 0. The molecule has 0 unspecified atom stereocenters. The van der Waals surface area contributed by atoms with Gasteiger partial charge in [0.2, 0.25) is 0 Å². The minimum atomic E-state index is -0.439. The van der Waals surface area contributed by atoms with Gasteiger partial charge in [0.05, 0.1) is 6.33 Å². The lowest BCUT2D eigenvalue weighted by Gasteiger charge is -2.29. The molecule has 1 aliphatic rings. The second kappa shape index (κ2) is 4.84. The van der Waals surface area contributed by atoms with E-state index in [9.17, 15) is 4.79 Å². The van der Waals surface area contributed by atoms with E-state index >= 15 is 0 Å². The van der Waals surface area contributed by atoms with Crippen LogP contribution in [0.5, 0.6) is 0 Å². The Morgan fingerprint density at radius 2 is 2.22 bits per heavy atom. The number of imidazole rings is 1. The van der Waals surface area contributed by atoms with Crippen molar-refractivity contribution in [2.75, 3.05) is 13.1 Å². The van der Waals surface area contributed by atoms with Gasteiger partial charge in [-0.2, -0.15) is 0 Å². The van der Waals surface area contributed by atoms with Crippen LogP contribution in [0.2, 0.25) is 0 Å². The Labute approximate surface area is 107 Å². The molecule has 0 fully saturated rings. The maximum Gasteiger partial charge on any atom is 0.410 e. The number of nitrogens with zero attached hydrogens (tertiary/aromatic N) is 3. The van der Waals surface area contributed by atoms with E-state index in [4.69, 9.17) is 4.74 Å². The fourth-order valence-corrected chi connectivity index (χ4v) is 1.81. The molecule has 2 heterocycles. The Hall–Kier alpha value is -1.78. The summed E-state index contributed by atoms with van der Waals surface area (Å²) in [6.07, 6.45) is 8.04. The van der Waals surface area contributed by atoms with Crippen LogP contribution in [0.4, 0.5) is 4.79 Å². The van der Waals surface area contributed by atoms with Crippen molar-refractivity contribution in [2.45, 2.75) is 32.8 Å². The molecular formula is C13H19N3O2. The van der Waals surface area contributed by atoms with Crippen LogP contribution in [0.3, 0.4) is 0 Å². The van der Waals surface area contributed by atoms with Crippen LogP contribution < -0.4 is 0 Å². The van der Waals surface area contributed by atoms with Gasteiger partial charge in [0.1, 0.15) is 5.60 Å². The predicted molar refractivity (Wildman–Crippen MR) is 68.9 cm³/mol. The summed E-state index contributed by atoms with van der Waals surface area (Å²) in [7, 11) is 0. The van der Waals surface area contributed by atoms with Gasteiger partial charge in [-0.25, -0.2) is 9.78 Å². The molecule has 0 N–H and O–H groups in total. The van der Waals surface area contributed by atoms with E-state index in [0.29, 0.717) is 13.1 Å². The highest BCUT2D eigenvalue weighted by Gasteiger charge is 2.23. The van der Waals surface area contributed by atoms with Crippen molar-refractivity contribution in [3.63, 3.8) is 0 Å². The number of amides is 1. The number of hydrogen-bond donors (Lipinski definition) is 0. The second-order valence-corrected chi connectivity index (χ2v) is 5.34. The first-order valence-corrected chi connectivity index (χ1v) is 6.11. The highest BCUT2D eigenvalue weighted by atomic mass is 16.6. The minimum Gasteiger partial charge on any atom is -0.444 e. The van der Waals surface area contributed by atoms with Crippen LogP contribution in [0, 0.1) is 0 Å². The Bertz CT molecular complexity index is 443. The average Bonchev–Trinajstić information content (AvgIpc) is 2.80. The van der Waals surface area contributed by atoms with Crippen LogP contribution in [-0.4, -0.2) is 39.2 Å². The molecule has 0 saturated heterocycles.